The van der Waals surface area contributed by atoms with Gasteiger partial charge in [0.25, 0.3) is 0 Å². The van der Waals surface area contributed by atoms with Crippen molar-refractivity contribution in [2.24, 2.45) is 0 Å². The van der Waals surface area contributed by atoms with E-state index in [1.807, 2.05) is 18.2 Å². The molecule has 0 radical (unpaired) electrons. The van der Waals surface area contributed by atoms with Crippen molar-refractivity contribution in [3.63, 3.8) is 0 Å². The predicted octanol–water partition coefficient (Wildman–Crippen LogP) is 6.19. The Morgan fingerprint density at radius 2 is 1.82 bits per heavy atom. The van der Waals surface area contributed by atoms with E-state index in [-0.39, 0.29) is 0 Å². The van der Waals surface area contributed by atoms with Crippen LogP contribution in [0, 0.1) is 0 Å². The van der Waals surface area contributed by atoms with Crippen molar-refractivity contribution >= 4 is 72.1 Å². The first-order chi connectivity index (χ1) is 8.08. The molecule has 0 bridgehead atoms. The number of rotatable bonds is 3. The number of para-hydroxylation sites is 1. The van der Waals surface area contributed by atoms with Crippen molar-refractivity contribution in [2.75, 3.05) is 5.32 Å². The molecule has 1 aromatic heterocycles. The van der Waals surface area contributed by atoms with Gasteiger partial charge < -0.3 is 5.32 Å². The molecule has 0 aliphatic carbocycles. The van der Waals surface area contributed by atoms with E-state index in [1.54, 1.807) is 11.3 Å². The number of halogens is 4. The van der Waals surface area contributed by atoms with Crippen LogP contribution in [0.25, 0.3) is 0 Å². The van der Waals surface area contributed by atoms with Crippen LogP contribution in [-0.4, -0.2) is 0 Å². The average Bonchev–Trinajstić information content (AvgIpc) is 2.58. The minimum absolute atomic E-state index is 0.632. The molecule has 0 fully saturated rings. The van der Waals surface area contributed by atoms with Crippen molar-refractivity contribution in [3.8, 4) is 0 Å². The van der Waals surface area contributed by atoms with Crippen LogP contribution < -0.4 is 5.32 Å². The lowest BCUT2D eigenvalue weighted by molar-refractivity contribution is 1.19. The Balaban J connectivity index is 2.12. The van der Waals surface area contributed by atoms with Crippen LogP contribution in [0.1, 0.15) is 4.88 Å². The van der Waals surface area contributed by atoms with E-state index in [0.717, 1.165) is 13.9 Å². The first-order valence-electron chi connectivity index (χ1n) is 4.69. The van der Waals surface area contributed by atoms with Crippen LogP contribution in [0.3, 0.4) is 0 Å². The molecule has 1 heterocycles. The van der Waals surface area contributed by atoms with Crippen LogP contribution in [0.15, 0.2) is 32.5 Å². The van der Waals surface area contributed by atoms with E-state index >= 15 is 0 Å². The molecule has 0 aliphatic rings. The van der Waals surface area contributed by atoms with Crippen molar-refractivity contribution in [2.45, 2.75) is 6.54 Å². The van der Waals surface area contributed by atoms with Crippen LogP contribution in [0.4, 0.5) is 5.69 Å². The van der Waals surface area contributed by atoms with E-state index in [4.69, 9.17) is 23.2 Å². The molecular formula is C11H7Br2Cl2NS. The summed E-state index contributed by atoms with van der Waals surface area (Å²) in [6.45, 7) is 0.693. The van der Waals surface area contributed by atoms with Gasteiger partial charge in [0.2, 0.25) is 0 Å². The summed E-state index contributed by atoms with van der Waals surface area (Å²) in [5.41, 5.74) is 0.775. The van der Waals surface area contributed by atoms with Crippen LogP contribution in [0.2, 0.25) is 10.0 Å². The molecule has 1 N–H and O–H groups in total. The van der Waals surface area contributed by atoms with Gasteiger partial charge >= 0.3 is 0 Å². The van der Waals surface area contributed by atoms with Gasteiger partial charge in [0.05, 0.1) is 19.5 Å². The molecule has 0 saturated carbocycles. The van der Waals surface area contributed by atoms with E-state index < -0.39 is 0 Å². The summed E-state index contributed by atoms with van der Waals surface area (Å²) >= 11 is 20.7. The van der Waals surface area contributed by atoms with Crippen LogP contribution >= 0.6 is 66.4 Å². The van der Waals surface area contributed by atoms with Crippen molar-refractivity contribution in [1.82, 2.24) is 0 Å². The van der Waals surface area contributed by atoms with Crippen molar-refractivity contribution in [3.05, 3.63) is 47.4 Å². The van der Waals surface area contributed by atoms with Gasteiger partial charge in [0, 0.05) is 15.9 Å². The Morgan fingerprint density at radius 1 is 1.18 bits per heavy atom. The second kappa shape index (κ2) is 5.93. The molecule has 0 amide bonds. The summed E-state index contributed by atoms with van der Waals surface area (Å²) in [5, 5.41) is 4.51. The minimum atomic E-state index is 0.632. The Kier molecular flexibility index (Phi) is 4.78. The summed E-state index contributed by atoms with van der Waals surface area (Å²) in [6, 6.07) is 7.52. The highest BCUT2D eigenvalue weighted by molar-refractivity contribution is 9.13. The fraction of sp³-hybridized carbons (Fsp3) is 0.0909. The topological polar surface area (TPSA) is 12.0 Å². The molecule has 0 aliphatic heterocycles. The summed E-state index contributed by atoms with van der Waals surface area (Å²) in [4.78, 5) is 1.19. The average molecular weight is 416 g/mol. The van der Waals surface area contributed by atoms with Crippen LogP contribution in [-0.2, 0) is 6.54 Å². The summed E-state index contributed by atoms with van der Waals surface area (Å²) in [6.07, 6.45) is 0. The quantitative estimate of drug-likeness (QED) is 0.630. The number of hydrogen-bond acceptors (Lipinski definition) is 2. The summed E-state index contributed by atoms with van der Waals surface area (Å²) in [7, 11) is 0. The molecule has 0 spiro atoms. The standard InChI is InChI=1S/C11H7Br2Cl2NS/c12-7-4-6(17-11(7)13)5-16-10-8(14)2-1-3-9(10)15/h1-4,16H,5H2. The predicted molar refractivity (Wildman–Crippen MR) is 83.5 cm³/mol. The lowest BCUT2D eigenvalue weighted by Crippen LogP contribution is -1.98. The first-order valence-corrected chi connectivity index (χ1v) is 7.85. The van der Waals surface area contributed by atoms with Crippen molar-refractivity contribution < 1.29 is 0 Å². The Labute approximate surface area is 130 Å². The normalized spacial score (nSPS) is 10.6. The molecule has 0 unspecified atom stereocenters. The van der Waals surface area contributed by atoms with Gasteiger partial charge in [0.1, 0.15) is 0 Å². The SMILES string of the molecule is Clc1cccc(Cl)c1NCc1cc(Br)c(Br)s1. The molecule has 17 heavy (non-hydrogen) atoms. The second-order valence-corrected chi connectivity index (χ2v) is 7.41. The third-order valence-corrected chi connectivity index (χ3v) is 5.98. The number of hydrogen-bond donors (Lipinski definition) is 1. The molecular weight excluding hydrogens is 409 g/mol. The molecule has 1 nitrogen and oxygen atoms in total. The van der Waals surface area contributed by atoms with Gasteiger partial charge in [-0.2, -0.15) is 0 Å². The fourth-order valence-electron chi connectivity index (χ4n) is 1.32. The minimum Gasteiger partial charge on any atom is -0.378 e. The number of benzene rings is 1. The summed E-state index contributed by atoms with van der Waals surface area (Å²) < 4.78 is 2.14. The maximum Gasteiger partial charge on any atom is 0.0843 e. The lowest BCUT2D eigenvalue weighted by atomic mass is 10.3. The monoisotopic (exact) mass is 413 g/mol. The first kappa shape index (κ1) is 13.7. The van der Waals surface area contributed by atoms with Gasteiger partial charge in [0.15, 0.2) is 0 Å². The second-order valence-electron chi connectivity index (χ2n) is 3.28. The highest BCUT2D eigenvalue weighted by Crippen LogP contribution is 2.34. The van der Waals surface area contributed by atoms with E-state index in [0.29, 0.717) is 16.6 Å². The Morgan fingerprint density at radius 3 is 2.35 bits per heavy atom. The third-order valence-electron chi connectivity index (χ3n) is 2.10. The lowest BCUT2D eigenvalue weighted by Gasteiger charge is -2.08. The van der Waals surface area contributed by atoms with Crippen molar-refractivity contribution in [1.29, 1.82) is 0 Å². The van der Waals surface area contributed by atoms with Gasteiger partial charge in [-0.3, -0.25) is 0 Å². The molecule has 2 rings (SSSR count). The molecule has 0 atom stereocenters. The number of nitrogens with one attached hydrogen (secondary N) is 1. The van der Waals surface area contributed by atoms with Gasteiger partial charge in [-0.1, -0.05) is 29.3 Å². The molecule has 2 aromatic rings. The van der Waals surface area contributed by atoms with Gasteiger partial charge in [-0.25, -0.2) is 0 Å². The highest BCUT2D eigenvalue weighted by atomic mass is 79.9. The fourth-order valence-corrected chi connectivity index (χ4v) is 3.97. The number of anilines is 1. The van der Waals surface area contributed by atoms with E-state index in [1.165, 1.54) is 4.88 Å². The van der Waals surface area contributed by atoms with Crippen LogP contribution in [0.5, 0.6) is 0 Å². The maximum absolute atomic E-state index is 6.07. The zero-order valence-corrected chi connectivity index (χ0v) is 13.9. The summed E-state index contributed by atoms with van der Waals surface area (Å²) in [5.74, 6) is 0. The zero-order valence-electron chi connectivity index (χ0n) is 8.44. The van der Waals surface area contributed by atoms with E-state index in [9.17, 15) is 0 Å². The highest BCUT2D eigenvalue weighted by Gasteiger charge is 2.07. The molecule has 1 aromatic carbocycles. The molecule has 6 heteroatoms. The largest absolute Gasteiger partial charge is 0.378 e. The smallest absolute Gasteiger partial charge is 0.0843 e. The van der Waals surface area contributed by atoms with Gasteiger partial charge in [-0.15, -0.1) is 11.3 Å². The Bertz CT molecular complexity index is 503. The molecule has 90 valence electrons. The third kappa shape index (κ3) is 3.38. The Hall–Kier alpha value is 0.260. The zero-order chi connectivity index (χ0) is 12.4. The maximum atomic E-state index is 6.07. The van der Waals surface area contributed by atoms with E-state index in [2.05, 4.69) is 43.2 Å². The van der Waals surface area contributed by atoms with Gasteiger partial charge in [-0.05, 0) is 50.1 Å². The number of thiophene rings is 1. The molecule has 0 saturated heterocycles.